The van der Waals surface area contributed by atoms with Crippen molar-refractivity contribution in [2.24, 2.45) is 0 Å². The third-order valence-corrected chi connectivity index (χ3v) is 8.25. The Morgan fingerprint density at radius 2 is 0.923 bits per heavy atom. The molecule has 0 spiro atoms. The van der Waals surface area contributed by atoms with Gasteiger partial charge in [-0.05, 0) is 47.8 Å². The molecule has 0 unspecified atom stereocenters. The highest BCUT2D eigenvalue weighted by molar-refractivity contribution is 6.72. The average molecular weight is 203 g/mol. The van der Waals surface area contributed by atoms with E-state index in [1.165, 1.54) is 0 Å². The van der Waals surface area contributed by atoms with E-state index in [4.69, 9.17) is 0 Å². The second kappa shape index (κ2) is 4.55. The predicted molar refractivity (Wildman–Crippen MR) is 61.9 cm³/mol. The van der Waals surface area contributed by atoms with Gasteiger partial charge >= 0.3 is 0 Å². The van der Waals surface area contributed by atoms with Gasteiger partial charge < -0.3 is 13.7 Å². The van der Waals surface area contributed by atoms with Crippen LogP contribution in [0.25, 0.3) is 0 Å². The molecule has 0 amide bonds. The average Bonchev–Trinajstić information content (AvgIpc) is 1.82. The monoisotopic (exact) mass is 203 g/mol. The molecule has 0 aliphatic carbocycles. The lowest BCUT2D eigenvalue weighted by atomic mass is 10.6. The van der Waals surface area contributed by atoms with Crippen LogP contribution in [0.1, 0.15) is 13.8 Å². The third-order valence-electron chi connectivity index (χ3n) is 2.75. The van der Waals surface area contributed by atoms with E-state index in [0.717, 1.165) is 0 Å². The molecule has 3 nitrogen and oxygen atoms in total. The van der Waals surface area contributed by atoms with E-state index >= 15 is 0 Å². The van der Waals surface area contributed by atoms with Gasteiger partial charge in [0.1, 0.15) is 0 Å². The van der Waals surface area contributed by atoms with Gasteiger partial charge in [0.15, 0.2) is 0 Å². The van der Waals surface area contributed by atoms with Gasteiger partial charge in [-0.3, -0.25) is 0 Å². The lowest BCUT2D eigenvalue weighted by Crippen LogP contribution is -2.71. The molecule has 0 radical (unpaired) electrons. The summed E-state index contributed by atoms with van der Waals surface area (Å²) >= 11 is 0. The molecule has 0 aliphatic heterocycles. The summed E-state index contributed by atoms with van der Waals surface area (Å²) < 4.78 is 7.20. The van der Waals surface area contributed by atoms with Crippen LogP contribution < -0.4 is 0 Å². The maximum atomic E-state index is 2.40. The van der Waals surface area contributed by atoms with Crippen molar-refractivity contribution in [1.82, 2.24) is 13.7 Å². The van der Waals surface area contributed by atoms with E-state index in [2.05, 4.69) is 69.8 Å². The highest BCUT2D eigenvalue weighted by Gasteiger charge is 2.45. The highest BCUT2D eigenvalue weighted by atomic mass is 28.4. The first-order valence-corrected chi connectivity index (χ1v) is 6.72. The summed E-state index contributed by atoms with van der Waals surface area (Å²) in [5.74, 6) is 0. The topological polar surface area (TPSA) is 9.72 Å². The molecule has 0 aromatic carbocycles. The molecule has 0 fully saturated rings. The number of nitrogens with zero attached hydrogens (tertiary/aromatic N) is 3. The third kappa shape index (κ3) is 2.12. The first kappa shape index (κ1) is 13.1. The van der Waals surface area contributed by atoms with Crippen LogP contribution in [0.3, 0.4) is 0 Å². The van der Waals surface area contributed by atoms with Crippen LogP contribution in [0.2, 0.25) is 5.54 Å². The van der Waals surface area contributed by atoms with Gasteiger partial charge in [0.05, 0.1) is 0 Å². The van der Waals surface area contributed by atoms with Crippen molar-refractivity contribution in [1.29, 1.82) is 0 Å². The van der Waals surface area contributed by atoms with Crippen LogP contribution in [0, 0.1) is 0 Å². The highest BCUT2D eigenvalue weighted by Crippen LogP contribution is 2.26. The minimum absolute atomic E-state index is 0.687. The van der Waals surface area contributed by atoms with Crippen molar-refractivity contribution >= 4 is 8.56 Å². The zero-order chi connectivity index (χ0) is 10.8. The smallest absolute Gasteiger partial charge is 0.290 e. The van der Waals surface area contributed by atoms with E-state index in [1.807, 2.05) is 0 Å². The summed E-state index contributed by atoms with van der Waals surface area (Å²) in [6, 6.07) is 0. The molecular formula is C9H25N3Si. The summed E-state index contributed by atoms with van der Waals surface area (Å²) in [4.78, 5) is 0. The van der Waals surface area contributed by atoms with Crippen LogP contribution in [0.15, 0.2) is 0 Å². The number of rotatable bonds is 4. The fraction of sp³-hybridized carbons (Fsp3) is 1.00. The van der Waals surface area contributed by atoms with E-state index in [1.54, 1.807) is 0 Å². The Balaban J connectivity index is 5.06. The lowest BCUT2D eigenvalue weighted by molar-refractivity contribution is 0.362. The summed E-state index contributed by atoms with van der Waals surface area (Å²) in [5.41, 5.74) is 0.687. The fourth-order valence-electron chi connectivity index (χ4n) is 2.75. The van der Waals surface area contributed by atoms with Crippen LogP contribution in [-0.4, -0.2) is 64.5 Å². The second-order valence-corrected chi connectivity index (χ2v) is 9.74. The van der Waals surface area contributed by atoms with Crippen molar-refractivity contribution in [3.05, 3.63) is 0 Å². The Morgan fingerprint density at radius 3 is 0.923 bits per heavy atom. The van der Waals surface area contributed by atoms with Gasteiger partial charge in [-0.2, -0.15) is 0 Å². The van der Waals surface area contributed by atoms with Crippen LogP contribution >= 0.6 is 0 Å². The molecule has 4 heteroatoms. The maximum Gasteiger partial charge on any atom is 0.290 e. The van der Waals surface area contributed by atoms with Gasteiger partial charge in [0, 0.05) is 0 Å². The van der Waals surface area contributed by atoms with Gasteiger partial charge in [0.2, 0.25) is 0 Å². The maximum absolute atomic E-state index is 2.40. The minimum atomic E-state index is -1.60. The van der Waals surface area contributed by atoms with Crippen LogP contribution in [0.4, 0.5) is 0 Å². The lowest BCUT2D eigenvalue weighted by Gasteiger charge is -2.49. The van der Waals surface area contributed by atoms with Crippen LogP contribution in [0.5, 0.6) is 0 Å². The Morgan fingerprint density at radius 1 is 0.692 bits per heavy atom. The molecule has 0 aromatic rings. The summed E-state index contributed by atoms with van der Waals surface area (Å²) in [5, 5.41) is 0. The molecule has 0 atom stereocenters. The normalized spacial score (nSPS) is 13.8. The Kier molecular flexibility index (Phi) is 4.58. The molecule has 0 aromatic heterocycles. The molecule has 0 saturated heterocycles. The van der Waals surface area contributed by atoms with Crippen LogP contribution in [-0.2, 0) is 0 Å². The Bertz CT molecular complexity index is 117. The molecule has 0 N–H and O–H groups in total. The van der Waals surface area contributed by atoms with Gasteiger partial charge in [0.25, 0.3) is 8.56 Å². The standard InChI is InChI=1S/C9H25N3Si/c1-9(2)13(10(3)4,11(5)6)12(7)8/h9H,1-8H3. The predicted octanol–water partition coefficient (Wildman–Crippen LogP) is 1.02. The SMILES string of the molecule is CC(C)[Si](N(C)C)(N(C)C)N(C)C. The van der Waals surface area contributed by atoms with Crippen molar-refractivity contribution in [2.75, 3.05) is 42.3 Å². The summed E-state index contributed by atoms with van der Waals surface area (Å²) in [7, 11) is 11.5. The first-order chi connectivity index (χ1) is 5.77. The minimum Gasteiger partial charge on any atom is -0.305 e. The zero-order valence-electron chi connectivity index (χ0n) is 10.4. The quantitative estimate of drug-likeness (QED) is 0.632. The van der Waals surface area contributed by atoms with E-state index in [0.29, 0.717) is 5.54 Å². The molecule has 0 rings (SSSR count). The van der Waals surface area contributed by atoms with Crippen molar-refractivity contribution in [2.45, 2.75) is 19.4 Å². The van der Waals surface area contributed by atoms with E-state index < -0.39 is 8.56 Å². The molecule has 0 aliphatic rings. The van der Waals surface area contributed by atoms with Gasteiger partial charge in [-0.1, -0.05) is 13.8 Å². The number of hydrogen-bond acceptors (Lipinski definition) is 3. The molecule has 13 heavy (non-hydrogen) atoms. The van der Waals surface area contributed by atoms with E-state index in [-0.39, 0.29) is 0 Å². The Labute approximate surface area is 84.6 Å². The van der Waals surface area contributed by atoms with E-state index in [9.17, 15) is 0 Å². The zero-order valence-corrected chi connectivity index (χ0v) is 11.4. The molecule has 80 valence electrons. The summed E-state index contributed by atoms with van der Waals surface area (Å²) in [6.07, 6.45) is 0. The Hall–Kier alpha value is 0.0969. The molecule has 0 bridgehead atoms. The van der Waals surface area contributed by atoms with Gasteiger partial charge in [-0.15, -0.1) is 0 Å². The largest absolute Gasteiger partial charge is 0.305 e. The van der Waals surface area contributed by atoms with Crippen molar-refractivity contribution in [3.8, 4) is 0 Å². The first-order valence-electron chi connectivity index (χ1n) is 4.80. The fourth-order valence-corrected chi connectivity index (χ4v) is 8.25. The molecule has 0 saturated carbocycles. The molecule has 0 heterocycles. The molecular weight excluding hydrogens is 178 g/mol. The number of hydrogen-bond donors (Lipinski definition) is 0. The van der Waals surface area contributed by atoms with Gasteiger partial charge in [-0.25, -0.2) is 0 Å². The van der Waals surface area contributed by atoms with Crippen molar-refractivity contribution in [3.63, 3.8) is 0 Å². The summed E-state index contributed by atoms with van der Waals surface area (Å²) in [6.45, 7) is 4.62. The van der Waals surface area contributed by atoms with Crippen molar-refractivity contribution < 1.29 is 0 Å². The second-order valence-electron chi connectivity index (χ2n) is 4.53.